The van der Waals surface area contributed by atoms with Crippen molar-refractivity contribution in [3.05, 3.63) is 11.9 Å². The summed E-state index contributed by atoms with van der Waals surface area (Å²) in [7, 11) is 0. The quantitative estimate of drug-likeness (QED) is 0.305. The van der Waals surface area contributed by atoms with Crippen LogP contribution in [-0.2, 0) is 0 Å². The third-order valence-corrected chi connectivity index (χ3v) is 3.57. The van der Waals surface area contributed by atoms with E-state index in [9.17, 15) is 0 Å². The SMILES string of the molecule is C1=C2NCCNC2N2NC3NCCNC3N12. The molecule has 3 saturated heterocycles. The van der Waals surface area contributed by atoms with E-state index in [-0.39, 0.29) is 6.17 Å². The zero-order chi connectivity index (χ0) is 10.5. The Morgan fingerprint density at radius 2 is 1.94 bits per heavy atom. The van der Waals surface area contributed by atoms with Crippen LogP contribution in [0.3, 0.4) is 0 Å². The van der Waals surface area contributed by atoms with Gasteiger partial charge in [-0.05, 0) is 0 Å². The molecule has 4 rings (SSSR count). The van der Waals surface area contributed by atoms with Crippen molar-refractivity contribution in [1.82, 2.24) is 36.8 Å². The van der Waals surface area contributed by atoms with E-state index >= 15 is 0 Å². The van der Waals surface area contributed by atoms with E-state index in [1.165, 1.54) is 5.70 Å². The molecule has 0 saturated carbocycles. The first-order valence-corrected chi connectivity index (χ1v) is 5.93. The van der Waals surface area contributed by atoms with E-state index in [1.807, 2.05) is 0 Å². The van der Waals surface area contributed by atoms with Gasteiger partial charge in [0.2, 0.25) is 0 Å². The highest BCUT2D eigenvalue weighted by Crippen LogP contribution is 2.26. The Morgan fingerprint density at radius 3 is 2.94 bits per heavy atom. The third-order valence-electron chi connectivity index (χ3n) is 3.57. The molecule has 3 atom stereocenters. The van der Waals surface area contributed by atoms with E-state index in [1.54, 1.807) is 0 Å². The Hall–Kier alpha value is -0.860. The number of rotatable bonds is 0. The molecule has 4 aliphatic heterocycles. The lowest BCUT2D eigenvalue weighted by atomic mass is 10.3. The smallest absolute Gasteiger partial charge is 0.136 e. The Kier molecular flexibility index (Phi) is 1.91. The van der Waals surface area contributed by atoms with Gasteiger partial charge < -0.3 is 5.32 Å². The van der Waals surface area contributed by atoms with Gasteiger partial charge in [-0.1, -0.05) is 0 Å². The summed E-state index contributed by atoms with van der Waals surface area (Å²) in [6.07, 6.45) is 3.06. The number of fused-ring (bicyclic) bond motifs is 5. The van der Waals surface area contributed by atoms with Crippen LogP contribution in [0.15, 0.2) is 11.9 Å². The molecule has 0 amide bonds. The van der Waals surface area contributed by atoms with E-state index in [4.69, 9.17) is 0 Å². The molecule has 0 bridgehead atoms. The lowest BCUT2D eigenvalue weighted by molar-refractivity contribution is -0.0151. The van der Waals surface area contributed by atoms with Gasteiger partial charge in [-0.2, -0.15) is 0 Å². The van der Waals surface area contributed by atoms with Gasteiger partial charge in [0.1, 0.15) is 18.5 Å². The van der Waals surface area contributed by atoms with Crippen LogP contribution in [0.4, 0.5) is 0 Å². The Labute approximate surface area is 94.2 Å². The van der Waals surface area contributed by atoms with Gasteiger partial charge in [0.05, 0.1) is 5.70 Å². The van der Waals surface area contributed by atoms with Crippen LogP contribution in [0.25, 0.3) is 0 Å². The molecule has 4 aliphatic rings. The van der Waals surface area contributed by atoms with Crippen LogP contribution < -0.4 is 26.7 Å². The van der Waals surface area contributed by atoms with Gasteiger partial charge in [-0.3, -0.25) is 21.0 Å². The maximum atomic E-state index is 3.52. The molecular formula is C9H17N7. The molecule has 16 heavy (non-hydrogen) atoms. The summed E-state index contributed by atoms with van der Waals surface area (Å²) in [4.78, 5) is 0. The number of nitrogens with zero attached hydrogens (tertiary/aromatic N) is 2. The van der Waals surface area contributed by atoms with Crippen molar-refractivity contribution in [3.63, 3.8) is 0 Å². The zero-order valence-corrected chi connectivity index (χ0v) is 9.03. The van der Waals surface area contributed by atoms with Gasteiger partial charge in [0.15, 0.2) is 0 Å². The summed E-state index contributed by atoms with van der Waals surface area (Å²) in [5, 5.41) is 18.3. The maximum Gasteiger partial charge on any atom is 0.136 e. The summed E-state index contributed by atoms with van der Waals surface area (Å²) in [5.41, 5.74) is 4.74. The Bertz CT molecular complexity index is 330. The fourth-order valence-corrected chi connectivity index (χ4v) is 2.83. The minimum Gasteiger partial charge on any atom is -0.383 e. The minimum atomic E-state index is 0.253. The molecule has 0 aromatic carbocycles. The van der Waals surface area contributed by atoms with Crippen LogP contribution in [0.2, 0.25) is 0 Å². The van der Waals surface area contributed by atoms with Crippen molar-refractivity contribution in [1.29, 1.82) is 0 Å². The highest BCUT2D eigenvalue weighted by atomic mass is 15.9. The first kappa shape index (κ1) is 9.20. The average Bonchev–Trinajstić information content (AvgIpc) is 2.85. The van der Waals surface area contributed by atoms with Crippen molar-refractivity contribution < 1.29 is 0 Å². The van der Waals surface area contributed by atoms with Crippen molar-refractivity contribution in [2.75, 3.05) is 26.2 Å². The second-order valence-electron chi connectivity index (χ2n) is 4.55. The summed E-state index contributed by atoms with van der Waals surface area (Å²) in [6.45, 7) is 4.04. The monoisotopic (exact) mass is 223 g/mol. The van der Waals surface area contributed by atoms with Crippen LogP contribution >= 0.6 is 0 Å². The first-order valence-electron chi connectivity index (χ1n) is 5.93. The van der Waals surface area contributed by atoms with Crippen molar-refractivity contribution in [2.24, 2.45) is 0 Å². The summed E-state index contributed by atoms with van der Waals surface area (Å²) in [5.74, 6) is 0. The predicted octanol–water partition coefficient (Wildman–Crippen LogP) is -2.76. The van der Waals surface area contributed by atoms with Gasteiger partial charge >= 0.3 is 0 Å². The van der Waals surface area contributed by atoms with Crippen LogP contribution in [0.1, 0.15) is 0 Å². The van der Waals surface area contributed by atoms with E-state index in [0.717, 1.165) is 26.2 Å². The van der Waals surface area contributed by atoms with Crippen molar-refractivity contribution >= 4 is 0 Å². The average molecular weight is 223 g/mol. The molecule has 7 nitrogen and oxygen atoms in total. The molecule has 3 fully saturated rings. The normalized spacial score (nSPS) is 42.1. The molecule has 4 heterocycles. The highest BCUT2D eigenvalue weighted by Gasteiger charge is 2.47. The summed E-state index contributed by atoms with van der Waals surface area (Å²) in [6, 6.07) is 0. The summed E-state index contributed by atoms with van der Waals surface area (Å²) >= 11 is 0. The van der Waals surface area contributed by atoms with Crippen LogP contribution in [0, 0.1) is 0 Å². The zero-order valence-electron chi connectivity index (χ0n) is 9.03. The second-order valence-corrected chi connectivity index (χ2v) is 4.55. The van der Waals surface area contributed by atoms with Crippen molar-refractivity contribution in [3.8, 4) is 0 Å². The molecule has 0 radical (unpaired) electrons. The van der Waals surface area contributed by atoms with Gasteiger partial charge in [0.25, 0.3) is 0 Å². The molecule has 3 unspecified atom stereocenters. The van der Waals surface area contributed by atoms with Crippen LogP contribution in [0.5, 0.6) is 0 Å². The van der Waals surface area contributed by atoms with Crippen molar-refractivity contribution in [2.45, 2.75) is 18.5 Å². The molecule has 0 aliphatic carbocycles. The van der Waals surface area contributed by atoms with Crippen LogP contribution in [-0.4, -0.2) is 54.8 Å². The molecular weight excluding hydrogens is 206 g/mol. The molecule has 0 aromatic rings. The minimum absolute atomic E-state index is 0.253. The summed E-state index contributed by atoms with van der Waals surface area (Å²) < 4.78 is 0. The molecule has 0 aromatic heterocycles. The number of hydrogen-bond donors (Lipinski definition) is 5. The highest BCUT2D eigenvalue weighted by molar-refractivity contribution is 5.17. The number of hydrogen-bond acceptors (Lipinski definition) is 7. The largest absolute Gasteiger partial charge is 0.383 e. The Morgan fingerprint density at radius 1 is 1.06 bits per heavy atom. The number of nitrogens with one attached hydrogen (secondary N) is 5. The third kappa shape index (κ3) is 1.14. The van der Waals surface area contributed by atoms with E-state index in [2.05, 4.69) is 43.0 Å². The first-order chi connectivity index (χ1) is 7.93. The fraction of sp³-hybridized carbons (Fsp3) is 0.778. The lowest BCUT2D eigenvalue weighted by Gasteiger charge is -2.31. The van der Waals surface area contributed by atoms with Gasteiger partial charge in [-0.15, -0.1) is 5.12 Å². The second kappa shape index (κ2) is 3.31. The standard InChI is InChI=1S/C9H17N7/c1-3-12-8-6(10-1)5-15-9-7(14-16(8)15)11-2-4-13-9/h5,7-14H,1-4H2. The number of hydrazine groups is 2. The van der Waals surface area contributed by atoms with Gasteiger partial charge in [-0.25, -0.2) is 5.43 Å². The fourth-order valence-electron chi connectivity index (χ4n) is 2.83. The topological polar surface area (TPSA) is 66.6 Å². The Balaban J connectivity index is 1.62. The predicted molar refractivity (Wildman–Crippen MR) is 58.3 cm³/mol. The molecule has 88 valence electrons. The maximum absolute atomic E-state index is 3.52. The lowest BCUT2D eigenvalue weighted by Crippen LogP contribution is -2.60. The molecule has 5 N–H and O–H groups in total. The molecule has 7 heteroatoms. The number of piperazine rings is 2. The van der Waals surface area contributed by atoms with E-state index < -0.39 is 0 Å². The van der Waals surface area contributed by atoms with E-state index in [0.29, 0.717) is 12.3 Å². The van der Waals surface area contributed by atoms with Gasteiger partial charge in [0, 0.05) is 32.4 Å². The molecule has 0 spiro atoms.